The van der Waals surface area contributed by atoms with Crippen LogP contribution in [0.15, 0.2) is 101 Å². The molecule has 5 nitrogen and oxygen atoms in total. The minimum Gasteiger partial charge on any atom is -0.334 e. The predicted molar refractivity (Wildman–Crippen MR) is 202 cm³/mol. The number of benzene rings is 1. The molecule has 0 fully saturated rings. The van der Waals surface area contributed by atoms with Crippen LogP contribution in [0.3, 0.4) is 0 Å². The SMILES string of the molecule is C/C=C\c1c(C)c2c(n1C1C=C([C@@H]3C=C(n4c5c(c6cc(C#N)ccc64)C=CCC5)C=CC3)C=C(C3=CC(C#N)=CCC3)C1)C=CC(C#N)C2. The predicted octanol–water partition coefficient (Wildman–Crippen LogP) is 10.4. The van der Waals surface area contributed by atoms with E-state index >= 15 is 0 Å². The summed E-state index contributed by atoms with van der Waals surface area (Å²) in [6.45, 7) is 4.27. The van der Waals surface area contributed by atoms with Crippen molar-refractivity contribution in [1.82, 2.24) is 9.13 Å². The molecule has 5 aliphatic rings. The first kappa shape index (κ1) is 31.4. The van der Waals surface area contributed by atoms with Crippen LogP contribution in [-0.4, -0.2) is 9.13 Å². The smallest absolute Gasteiger partial charge is 0.0991 e. The Bertz CT molecular complexity index is 2360. The molecular weight excluding hydrogens is 611 g/mol. The van der Waals surface area contributed by atoms with Crippen LogP contribution in [0.1, 0.15) is 84.4 Å². The van der Waals surface area contributed by atoms with Gasteiger partial charge >= 0.3 is 0 Å². The molecule has 0 saturated heterocycles. The molecule has 2 heterocycles. The van der Waals surface area contributed by atoms with E-state index in [9.17, 15) is 15.8 Å². The van der Waals surface area contributed by atoms with E-state index < -0.39 is 0 Å². The standard InChI is InChI=1S/C45H39N5/c1-3-8-42-29(2)40-20-31(27-47)15-17-44(40)50(42)38-24-35(33-10-6-9-30(19-33)26-46)22-36(25-38)34-11-7-12-37(23-34)49-43-14-5-4-13-39(43)41-21-32(28-48)16-18-45(41)49/h3-4,7-9,12-13,15-19,21-23,25,31,34,38H,5-6,10-11,14,20,24H2,1-2H3/b8-3-/t31?,34-,38?/m0/s1. The van der Waals surface area contributed by atoms with Gasteiger partial charge in [0, 0.05) is 45.2 Å². The van der Waals surface area contributed by atoms with Crippen molar-refractivity contribution >= 4 is 34.8 Å². The maximum Gasteiger partial charge on any atom is 0.0991 e. The summed E-state index contributed by atoms with van der Waals surface area (Å²) in [6.07, 6.45) is 35.3. The van der Waals surface area contributed by atoms with Crippen molar-refractivity contribution in [1.29, 1.82) is 15.8 Å². The van der Waals surface area contributed by atoms with E-state index in [4.69, 9.17) is 0 Å². The molecule has 0 saturated carbocycles. The molecule has 0 aliphatic heterocycles. The van der Waals surface area contributed by atoms with E-state index in [1.165, 1.54) is 56.2 Å². The third-order valence-corrected chi connectivity index (χ3v) is 11.0. The molecule has 8 rings (SSSR count). The second kappa shape index (κ2) is 12.9. The van der Waals surface area contributed by atoms with Crippen LogP contribution in [0, 0.1) is 52.8 Å². The first-order valence-corrected chi connectivity index (χ1v) is 17.8. The molecule has 0 amide bonds. The first-order chi connectivity index (χ1) is 24.5. The van der Waals surface area contributed by atoms with Crippen molar-refractivity contribution in [3.8, 4) is 18.2 Å². The van der Waals surface area contributed by atoms with Gasteiger partial charge in [-0.1, -0.05) is 54.7 Å². The van der Waals surface area contributed by atoms with Gasteiger partial charge in [-0.15, -0.1) is 0 Å². The lowest BCUT2D eigenvalue weighted by atomic mass is 9.80. The number of nitrogens with zero attached hydrogens (tertiary/aromatic N) is 5. The maximum atomic E-state index is 9.80. The highest BCUT2D eigenvalue weighted by Gasteiger charge is 2.30. The zero-order valence-electron chi connectivity index (χ0n) is 28.7. The van der Waals surface area contributed by atoms with Gasteiger partial charge in [0.05, 0.1) is 41.2 Å². The summed E-state index contributed by atoms with van der Waals surface area (Å²) in [5.74, 6) is 0.0619. The molecule has 0 N–H and O–H groups in total. The normalized spacial score (nSPS) is 22.5. The molecule has 2 unspecified atom stereocenters. The number of allylic oxidation sites excluding steroid dienone is 15. The Hall–Kier alpha value is -5.83. The Kier molecular flexibility index (Phi) is 8.11. The molecule has 50 heavy (non-hydrogen) atoms. The van der Waals surface area contributed by atoms with Crippen molar-refractivity contribution in [2.24, 2.45) is 11.8 Å². The highest BCUT2D eigenvalue weighted by atomic mass is 15.0. The summed E-state index contributed by atoms with van der Waals surface area (Å²) in [5, 5.41) is 30.4. The number of hydrogen-bond acceptors (Lipinski definition) is 3. The second-order valence-electron chi connectivity index (χ2n) is 13.9. The fourth-order valence-corrected chi connectivity index (χ4v) is 8.65. The Morgan fingerprint density at radius 3 is 2.64 bits per heavy atom. The number of rotatable bonds is 5. The zero-order valence-corrected chi connectivity index (χ0v) is 28.7. The molecule has 0 spiro atoms. The van der Waals surface area contributed by atoms with Gasteiger partial charge in [0.15, 0.2) is 0 Å². The Balaban J connectivity index is 1.27. The summed E-state index contributed by atoms with van der Waals surface area (Å²) in [6, 6.07) is 13.3. The molecule has 5 aliphatic carbocycles. The van der Waals surface area contributed by atoms with Crippen LogP contribution >= 0.6 is 0 Å². The Labute approximate surface area is 294 Å². The first-order valence-electron chi connectivity index (χ1n) is 17.8. The molecule has 0 radical (unpaired) electrons. The van der Waals surface area contributed by atoms with Gasteiger partial charge < -0.3 is 9.13 Å². The molecule has 3 aromatic rings. The van der Waals surface area contributed by atoms with Crippen LogP contribution in [-0.2, 0) is 12.8 Å². The second-order valence-corrected chi connectivity index (χ2v) is 13.9. The van der Waals surface area contributed by atoms with Gasteiger partial charge in [-0.25, -0.2) is 0 Å². The number of aromatic nitrogens is 2. The van der Waals surface area contributed by atoms with Crippen molar-refractivity contribution in [2.45, 2.75) is 64.8 Å². The average Bonchev–Trinajstić information content (AvgIpc) is 3.65. The van der Waals surface area contributed by atoms with E-state index in [1.807, 2.05) is 18.2 Å². The van der Waals surface area contributed by atoms with Gasteiger partial charge in [-0.3, -0.25) is 0 Å². The van der Waals surface area contributed by atoms with Crippen molar-refractivity contribution < 1.29 is 0 Å². The van der Waals surface area contributed by atoms with Crippen LogP contribution < -0.4 is 0 Å². The van der Waals surface area contributed by atoms with Crippen molar-refractivity contribution in [3.05, 3.63) is 141 Å². The van der Waals surface area contributed by atoms with Crippen molar-refractivity contribution in [2.75, 3.05) is 0 Å². The third kappa shape index (κ3) is 5.30. The van der Waals surface area contributed by atoms with Gasteiger partial charge in [0.2, 0.25) is 0 Å². The van der Waals surface area contributed by atoms with Crippen LogP contribution in [0.5, 0.6) is 0 Å². The minimum atomic E-state index is -0.109. The van der Waals surface area contributed by atoms with Gasteiger partial charge in [0.25, 0.3) is 0 Å². The monoisotopic (exact) mass is 649 g/mol. The number of nitriles is 3. The van der Waals surface area contributed by atoms with E-state index in [0.29, 0.717) is 5.56 Å². The number of hydrogen-bond donors (Lipinski definition) is 0. The molecule has 1 aromatic carbocycles. The summed E-state index contributed by atoms with van der Waals surface area (Å²) < 4.78 is 4.92. The van der Waals surface area contributed by atoms with Gasteiger partial charge in [-0.05, 0) is 129 Å². The summed E-state index contributed by atoms with van der Waals surface area (Å²) in [5.41, 5.74) is 15.0. The summed E-state index contributed by atoms with van der Waals surface area (Å²) in [4.78, 5) is 0. The molecular formula is C45H39N5. The topological polar surface area (TPSA) is 81.2 Å². The number of fused-ring (bicyclic) bond motifs is 4. The Morgan fingerprint density at radius 2 is 1.82 bits per heavy atom. The van der Waals surface area contributed by atoms with E-state index in [1.54, 1.807) is 0 Å². The molecule has 3 atom stereocenters. The maximum absolute atomic E-state index is 9.80. The lowest BCUT2D eigenvalue weighted by Gasteiger charge is -2.31. The van der Waals surface area contributed by atoms with Crippen LogP contribution in [0.25, 0.3) is 34.8 Å². The van der Waals surface area contributed by atoms with Crippen LogP contribution in [0.4, 0.5) is 0 Å². The quantitative estimate of drug-likeness (QED) is 0.276. The lowest BCUT2D eigenvalue weighted by Crippen LogP contribution is -2.19. The highest BCUT2D eigenvalue weighted by Crippen LogP contribution is 2.44. The molecule has 2 aromatic heterocycles. The Morgan fingerprint density at radius 1 is 0.920 bits per heavy atom. The van der Waals surface area contributed by atoms with E-state index in [0.717, 1.165) is 61.4 Å². The molecule has 0 bridgehead atoms. The fraction of sp³-hybridized carbons (Fsp3) is 0.267. The summed E-state index contributed by atoms with van der Waals surface area (Å²) in [7, 11) is 0. The molecule has 5 heteroatoms. The van der Waals surface area contributed by atoms with Crippen LogP contribution in [0.2, 0.25) is 0 Å². The third-order valence-electron chi connectivity index (χ3n) is 11.0. The van der Waals surface area contributed by atoms with Crippen molar-refractivity contribution in [3.63, 3.8) is 0 Å². The lowest BCUT2D eigenvalue weighted by molar-refractivity contribution is 0.570. The summed E-state index contributed by atoms with van der Waals surface area (Å²) >= 11 is 0. The average molecular weight is 650 g/mol. The fourth-order valence-electron chi connectivity index (χ4n) is 8.65. The van der Waals surface area contributed by atoms with Gasteiger partial charge in [-0.2, -0.15) is 15.8 Å². The molecule has 244 valence electrons. The van der Waals surface area contributed by atoms with Gasteiger partial charge in [0.1, 0.15) is 0 Å². The zero-order chi connectivity index (χ0) is 34.4. The largest absolute Gasteiger partial charge is 0.334 e. The highest BCUT2D eigenvalue weighted by molar-refractivity contribution is 5.96. The minimum absolute atomic E-state index is 0.0803. The van der Waals surface area contributed by atoms with E-state index in [2.05, 4.69) is 120 Å². The van der Waals surface area contributed by atoms with E-state index in [-0.39, 0.29) is 17.9 Å².